The van der Waals surface area contributed by atoms with Crippen LogP contribution in [0.4, 0.5) is 0 Å². The summed E-state index contributed by atoms with van der Waals surface area (Å²) in [5.41, 5.74) is 1.31. The van der Waals surface area contributed by atoms with Crippen molar-refractivity contribution in [2.75, 3.05) is 19.6 Å². The molecule has 1 heterocycles. The molecule has 0 aromatic carbocycles. The third kappa shape index (κ3) is 4.26. The normalized spacial score (nSPS) is 32.3. The van der Waals surface area contributed by atoms with E-state index < -0.39 is 0 Å². The summed E-state index contributed by atoms with van der Waals surface area (Å²) in [6.07, 6.45) is 2.67. The molecule has 0 aromatic heterocycles. The van der Waals surface area contributed by atoms with Crippen molar-refractivity contribution in [3.8, 4) is 0 Å². The lowest BCUT2D eigenvalue weighted by Crippen LogP contribution is -2.39. The zero-order valence-corrected chi connectivity index (χ0v) is 14.1. The smallest absolute Gasteiger partial charge is 0.00330 e. The van der Waals surface area contributed by atoms with Crippen LogP contribution in [0.1, 0.15) is 68.2 Å². The molecule has 18 heavy (non-hydrogen) atoms. The van der Waals surface area contributed by atoms with Gasteiger partial charge in [0.2, 0.25) is 0 Å². The predicted molar refractivity (Wildman–Crippen MR) is 81.9 cm³/mol. The Bertz CT molecular complexity index is 275. The monoisotopic (exact) mass is 253 g/mol. The molecule has 1 saturated heterocycles. The highest BCUT2D eigenvalue weighted by Gasteiger charge is 2.39. The lowest BCUT2D eigenvalue weighted by Gasteiger charge is -2.40. The third-order valence-corrected chi connectivity index (χ3v) is 4.88. The summed E-state index contributed by atoms with van der Waals surface area (Å²) < 4.78 is 0. The van der Waals surface area contributed by atoms with Crippen molar-refractivity contribution < 1.29 is 0 Å². The van der Waals surface area contributed by atoms with Crippen molar-refractivity contribution in [1.82, 2.24) is 4.90 Å². The average Bonchev–Trinajstić information content (AvgIpc) is 2.13. The zero-order valence-electron chi connectivity index (χ0n) is 14.1. The van der Waals surface area contributed by atoms with Gasteiger partial charge in [0.25, 0.3) is 0 Å². The van der Waals surface area contributed by atoms with Gasteiger partial charge in [-0.3, -0.25) is 0 Å². The van der Waals surface area contributed by atoms with Gasteiger partial charge >= 0.3 is 0 Å². The maximum atomic E-state index is 2.66. The van der Waals surface area contributed by atoms with Gasteiger partial charge in [-0.05, 0) is 41.5 Å². The SMILES string of the molecule is CCN1CC(C)(C)CC(C)C(C)(C)CC(C)(C)C1. The van der Waals surface area contributed by atoms with E-state index in [2.05, 4.69) is 60.3 Å². The molecule has 0 N–H and O–H groups in total. The molecule has 1 aliphatic rings. The molecule has 0 aliphatic carbocycles. The number of rotatable bonds is 1. The summed E-state index contributed by atoms with van der Waals surface area (Å²) in [4.78, 5) is 2.66. The first kappa shape index (κ1) is 16.0. The van der Waals surface area contributed by atoms with E-state index in [0.717, 1.165) is 5.92 Å². The summed E-state index contributed by atoms with van der Waals surface area (Å²) in [6.45, 7) is 23.1. The van der Waals surface area contributed by atoms with E-state index >= 15 is 0 Å². The van der Waals surface area contributed by atoms with Crippen molar-refractivity contribution in [3.63, 3.8) is 0 Å². The van der Waals surface area contributed by atoms with Gasteiger partial charge in [0, 0.05) is 13.1 Å². The molecule has 1 unspecified atom stereocenters. The fourth-order valence-corrected chi connectivity index (χ4v) is 4.12. The van der Waals surface area contributed by atoms with E-state index in [0.29, 0.717) is 16.2 Å². The summed E-state index contributed by atoms with van der Waals surface area (Å²) in [5.74, 6) is 0.795. The average molecular weight is 253 g/mol. The maximum Gasteiger partial charge on any atom is 0.00330 e. The molecule has 0 saturated carbocycles. The van der Waals surface area contributed by atoms with E-state index in [-0.39, 0.29) is 0 Å². The Morgan fingerprint density at radius 1 is 0.944 bits per heavy atom. The first-order valence-corrected chi connectivity index (χ1v) is 7.70. The summed E-state index contributed by atoms with van der Waals surface area (Å²) in [6, 6.07) is 0. The maximum absolute atomic E-state index is 2.66. The lowest BCUT2D eigenvalue weighted by molar-refractivity contribution is 0.107. The van der Waals surface area contributed by atoms with Gasteiger partial charge in [-0.1, -0.05) is 55.4 Å². The standard InChI is InChI=1S/C17H35N/c1-9-18-12-15(3,4)10-14(2)17(7,8)11-16(5,6)13-18/h14H,9-13H2,1-8H3. The minimum Gasteiger partial charge on any atom is -0.303 e. The molecular formula is C17H35N. The van der Waals surface area contributed by atoms with Crippen LogP contribution in [0.15, 0.2) is 0 Å². The highest BCUT2D eigenvalue weighted by molar-refractivity contribution is 4.90. The highest BCUT2D eigenvalue weighted by atomic mass is 15.1. The van der Waals surface area contributed by atoms with Gasteiger partial charge < -0.3 is 4.90 Å². The molecule has 1 fully saturated rings. The fraction of sp³-hybridized carbons (Fsp3) is 1.00. The molecule has 1 atom stereocenters. The minimum absolute atomic E-state index is 0.425. The van der Waals surface area contributed by atoms with Crippen molar-refractivity contribution in [3.05, 3.63) is 0 Å². The van der Waals surface area contributed by atoms with E-state index in [1.165, 1.54) is 32.5 Å². The second-order valence-corrected chi connectivity index (χ2v) is 8.90. The Hall–Kier alpha value is -0.0400. The topological polar surface area (TPSA) is 3.24 Å². The Morgan fingerprint density at radius 3 is 1.94 bits per heavy atom. The predicted octanol–water partition coefficient (Wildman–Crippen LogP) is 4.82. The number of hydrogen-bond donors (Lipinski definition) is 0. The number of hydrogen-bond acceptors (Lipinski definition) is 1. The molecule has 1 nitrogen and oxygen atoms in total. The first-order chi connectivity index (χ1) is 7.97. The van der Waals surface area contributed by atoms with Crippen LogP contribution in [0.2, 0.25) is 0 Å². The fourth-order valence-electron chi connectivity index (χ4n) is 4.12. The van der Waals surface area contributed by atoms with E-state index in [1.54, 1.807) is 0 Å². The van der Waals surface area contributed by atoms with Crippen molar-refractivity contribution in [2.24, 2.45) is 22.2 Å². The molecular weight excluding hydrogens is 218 g/mol. The van der Waals surface area contributed by atoms with Crippen LogP contribution in [0.5, 0.6) is 0 Å². The van der Waals surface area contributed by atoms with Crippen LogP contribution in [-0.4, -0.2) is 24.5 Å². The highest BCUT2D eigenvalue weighted by Crippen LogP contribution is 2.45. The molecule has 1 heteroatoms. The van der Waals surface area contributed by atoms with Crippen molar-refractivity contribution >= 4 is 0 Å². The molecule has 1 aliphatic heterocycles. The van der Waals surface area contributed by atoms with Gasteiger partial charge in [-0.15, -0.1) is 0 Å². The number of nitrogens with zero attached hydrogens (tertiary/aromatic N) is 1. The van der Waals surface area contributed by atoms with Gasteiger partial charge in [-0.2, -0.15) is 0 Å². The van der Waals surface area contributed by atoms with Gasteiger partial charge in [-0.25, -0.2) is 0 Å². The summed E-state index contributed by atoms with van der Waals surface area (Å²) in [7, 11) is 0. The summed E-state index contributed by atoms with van der Waals surface area (Å²) in [5, 5.41) is 0. The molecule has 0 spiro atoms. The van der Waals surface area contributed by atoms with E-state index in [9.17, 15) is 0 Å². The van der Waals surface area contributed by atoms with E-state index in [1.807, 2.05) is 0 Å². The lowest BCUT2D eigenvalue weighted by atomic mass is 9.66. The van der Waals surface area contributed by atoms with Gasteiger partial charge in [0.1, 0.15) is 0 Å². The summed E-state index contributed by atoms with van der Waals surface area (Å²) >= 11 is 0. The van der Waals surface area contributed by atoms with Gasteiger partial charge in [0.05, 0.1) is 0 Å². The first-order valence-electron chi connectivity index (χ1n) is 7.70. The van der Waals surface area contributed by atoms with E-state index in [4.69, 9.17) is 0 Å². The van der Waals surface area contributed by atoms with Crippen molar-refractivity contribution in [1.29, 1.82) is 0 Å². The van der Waals surface area contributed by atoms with Crippen LogP contribution in [0, 0.1) is 22.2 Å². The molecule has 0 bridgehead atoms. The minimum atomic E-state index is 0.425. The molecule has 1 rings (SSSR count). The second kappa shape index (κ2) is 5.15. The molecule has 108 valence electrons. The molecule has 0 aromatic rings. The quantitative estimate of drug-likeness (QED) is 0.648. The van der Waals surface area contributed by atoms with Gasteiger partial charge in [0.15, 0.2) is 0 Å². The van der Waals surface area contributed by atoms with Crippen LogP contribution >= 0.6 is 0 Å². The van der Waals surface area contributed by atoms with Crippen LogP contribution in [-0.2, 0) is 0 Å². The third-order valence-electron chi connectivity index (χ3n) is 4.88. The van der Waals surface area contributed by atoms with Crippen LogP contribution in [0.3, 0.4) is 0 Å². The van der Waals surface area contributed by atoms with Crippen LogP contribution in [0.25, 0.3) is 0 Å². The zero-order chi connectivity index (χ0) is 14.2. The Kier molecular flexibility index (Phi) is 4.58. The largest absolute Gasteiger partial charge is 0.303 e. The van der Waals surface area contributed by atoms with Crippen molar-refractivity contribution in [2.45, 2.75) is 68.2 Å². The Balaban J connectivity index is 3.01. The molecule has 0 amide bonds. The Morgan fingerprint density at radius 2 is 1.44 bits per heavy atom. The molecule has 0 radical (unpaired) electrons. The Labute approximate surface area is 115 Å². The van der Waals surface area contributed by atoms with Crippen LogP contribution < -0.4 is 0 Å². The second-order valence-electron chi connectivity index (χ2n) is 8.90.